The van der Waals surface area contributed by atoms with E-state index in [1.807, 2.05) is 24.3 Å². The minimum atomic E-state index is -0.0543. The van der Waals surface area contributed by atoms with Gasteiger partial charge >= 0.3 is 0 Å². The number of benzene rings is 1. The molecule has 1 aliphatic carbocycles. The van der Waals surface area contributed by atoms with Crippen molar-refractivity contribution in [1.29, 1.82) is 0 Å². The molecule has 3 heterocycles. The van der Waals surface area contributed by atoms with Crippen molar-refractivity contribution in [2.75, 3.05) is 11.1 Å². The highest BCUT2D eigenvalue weighted by atomic mass is 79.9. The summed E-state index contributed by atoms with van der Waals surface area (Å²) in [5, 5.41) is 4.97. The third-order valence-corrected chi connectivity index (χ3v) is 8.21. The molecule has 0 fully saturated rings. The first-order chi connectivity index (χ1) is 15.0. The van der Waals surface area contributed by atoms with Crippen molar-refractivity contribution in [2.24, 2.45) is 0 Å². The van der Waals surface area contributed by atoms with Gasteiger partial charge in [0.1, 0.15) is 16.2 Å². The van der Waals surface area contributed by atoms with Crippen LogP contribution >= 0.6 is 39.0 Å². The summed E-state index contributed by atoms with van der Waals surface area (Å²) in [6.45, 7) is 4.43. The number of halogens is 1. The fourth-order valence-electron chi connectivity index (χ4n) is 4.15. The van der Waals surface area contributed by atoms with Crippen molar-refractivity contribution >= 4 is 71.1 Å². The molecule has 1 aliphatic rings. The fraction of sp³-hybridized carbons (Fsp3) is 0.304. The second-order valence-electron chi connectivity index (χ2n) is 7.94. The molecule has 1 aromatic carbocycles. The number of thiophene rings is 1. The Morgan fingerprint density at radius 3 is 2.74 bits per heavy atom. The molecular formula is C23H21BrN4OS2. The number of carbonyl (C=O) groups is 1. The molecule has 0 aliphatic heterocycles. The molecule has 5 rings (SSSR count). The van der Waals surface area contributed by atoms with Crippen molar-refractivity contribution in [1.82, 2.24) is 15.0 Å². The molecule has 0 spiro atoms. The Labute approximate surface area is 197 Å². The summed E-state index contributed by atoms with van der Waals surface area (Å²) in [6.07, 6.45) is 4.98. The van der Waals surface area contributed by atoms with E-state index in [9.17, 15) is 4.79 Å². The molecule has 1 N–H and O–H groups in total. The molecule has 3 aromatic heterocycles. The van der Waals surface area contributed by atoms with Crippen LogP contribution in [0.5, 0.6) is 0 Å². The lowest BCUT2D eigenvalue weighted by Crippen LogP contribution is -2.14. The lowest BCUT2D eigenvalue weighted by Gasteiger charge is -2.11. The van der Waals surface area contributed by atoms with Crippen LogP contribution in [-0.4, -0.2) is 26.6 Å². The molecule has 0 bridgehead atoms. The first-order valence-electron chi connectivity index (χ1n) is 10.3. The third-order valence-electron chi connectivity index (χ3n) is 5.49. The van der Waals surface area contributed by atoms with E-state index in [2.05, 4.69) is 45.1 Å². The molecule has 0 saturated carbocycles. The standard InChI is InChI=1S/C23H21BrN4OS2/c1-12(2)19-16-5-3-4-15(16)18-20-21(31-22(18)28-19)23(26-11-25-20)30-10-17(29)27-14-8-6-13(24)7-9-14/h6-9,11-12H,3-5,10H2,1-2H3,(H,27,29). The molecule has 1 amide bonds. The van der Waals surface area contributed by atoms with Crippen LogP contribution in [-0.2, 0) is 17.6 Å². The van der Waals surface area contributed by atoms with Crippen molar-refractivity contribution in [3.63, 3.8) is 0 Å². The van der Waals surface area contributed by atoms with Gasteiger partial charge < -0.3 is 5.32 Å². The highest BCUT2D eigenvalue weighted by Gasteiger charge is 2.25. The molecule has 4 aromatic rings. The van der Waals surface area contributed by atoms with E-state index in [0.29, 0.717) is 11.7 Å². The van der Waals surface area contributed by atoms with Crippen LogP contribution in [0, 0.1) is 0 Å². The molecule has 0 saturated heterocycles. The number of aromatic nitrogens is 3. The SMILES string of the molecule is CC(C)c1nc2sc3c(SCC(=O)Nc4ccc(Br)cc4)ncnc3c2c2c1CCC2. The Kier molecular flexibility index (Phi) is 5.71. The second-order valence-corrected chi connectivity index (χ2v) is 10.8. The molecule has 158 valence electrons. The topological polar surface area (TPSA) is 67.8 Å². The quantitative estimate of drug-likeness (QED) is 0.249. The van der Waals surface area contributed by atoms with Crippen molar-refractivity contribution in [3.05, 3.63) is 51.9 Å². The number of nitrogens with zero attached hydrogens (tertiary/aromatic N) is 3. The maximum atomic E-state index is 12.5. The maximum absolute atomic E-state index is 12.5. The smallest absolute Gasteiger partial charge is 0.234 e. The molecule has 0 atom stereocenters. The summed E-state index contributed by atoms with van der Waals surface area (Å²) in [6, 6.07) is 7.57. The molecular weight excluding hydrogens is 492 g/mol. The number of hydrogen-bond acceptors (Lipinski definition) is 6. The summed E-state index contributed by atoms with van der Waals surface area (Å²) >= 11 is 6.51. The van der Waals surface area contributed by atoms with E-state index >= 15 is 0 Å². The van der Waals surface area contributed by atoms with Gasteiger partial charge in [-0.25, -0.2) is 15.0 Å². The van der Waals surface area contributed by atoms with Gasteiger partial charge in [-0.1, -0.05) is 41.5 Å². The van der Waals surface area contributed by atoms with Crippen LogP contribution in [0.2, 0.25) is 0 Å². The largest absolute Gasteiger partial charge is 0.325 e. The Morgan fingerprint density at radius 2 is 1.97 bits per heavy atom. The lowest BCUT2D eigenvalue weighted by molar-refractivity contribution is -0.113. The van der Waals surface area contributed by atoms with Gasteiger partial charge in [0, 0.05) is 21.2 Å². The molecule has 5 nitrogen and oxygen atoms in total. The van der Waals surface area contributed by atoms with E-state index in [1.165, 1.54) is 40.4 Å². The van der Waals surface area contributed by atoms with Gasteiger partial charge in [-0.3, -0.25) is 4.79 Å². The average Bonchev–Trinajstić information content (AvgIpc) is 3.37. The normalized spacial score (nSPS) is 13.3. The fourth-order valence-corrected chi connectivity index (χ4v) is 6.46. The van der Waals surface area contributed by atoms with Crippen LogP contribution in [0.15, 0.2) is 40.1 Å². The third kappa shape index (κ3) is 3.97. The predicted octanol–water partition coefficient (Wildman–Crippen LogP) is 6.34. The Bertz CT molecular complexity index is 1300. The lowest BCUT2D eigenvalue weighted by atomic mass is 9.99. The molecule has 31 heavy (non-hydrogen) atoms. The van der Waals surface area contributed by atoms with E-state index in [-0.39, 0.29) is 5.91 Å². The molecule has 8 heteroatoms. The second kappa shape index (κ2) is 8.48. The van der Waals surface area contributed by atoms with E-state index < -0.39 is 0 Å². The minimum Gasteiger partial charge on any atom is -0.325 e. The minimum absolute atomic E-state index is 0.0543. The number of thioether (sulfide) groups is 1. The van der Waals surface area contributed by atoms with Crippen LogP contribution in [0.3, 0.4) is 0 Å². The Hall–Kier alpha value is -2.03. The first kappa shape index (κ1) is 20.8. The van der Waals surface area contributed by atoms with Gasteiger partial charge in [-0.05, 0) is 60.6 Å². The number of amides is 1. The molecule has 0 unspecified atom stereocenters. The Morgan fingerprint density at radius 1 is 1.19 bits per heavy atom. The zero-order valence-corrected chi connectivity index (χ0v) is 20.5. The highest BCUT2D eigenvalue weighted by molar-refractivity contribution is 9.10. The van der Waals surface area contributed by atoms with Crippen molar-refractivity contribution in [3.8, 4) is 0 Å². The highest BCUT2D eigenvalue weighted by Crippen LogP contribution is 2.42. The number of pyridine rings is 1. The summed E-state index contributed by atoms with van der Waals surface area (Å²) in [5.74, 6) is 0.643. The van der Waals surface area contributed by atoms with Crippen LogP contribution in [0.25, 0.3) is 20.4 Å². The number of nitrogens with one attached hydrogen (secondary N) is 1. The zero-order valence-electron chi connectivity index (χ0n) is 17.2. The van der Waals surface area contributed by atoms with E-state index in [4.69, 9.17) is 4.98 Å². The number of anilines is 1. The van der Waals surface area contributed by atoms with Gasteiger partial charge in [0.25, 0.3) is 0 Å². The van der Waals surface area contributed by atoms with Gasteiger partial charge in [-0.15, -0.1) is 11.3 Å². The monoisotopic (exact) mass is 512 g/mol. The van der Waals surface area contributed by atoms with E-state index in [1.54, 1.807) is 17.7 Å². The summed E-state index contributed by atoms with van der Waals surface area (Å²) in [5.41, 5.74) is 5.82. The first-order valence-corrected chi connectivity index (χ1v) is 12.9. The number of rotatable bonds is 5. The van der Waals surface area contributed by atoms with Gasteiger partial charge in [0.2, 0.25) is 5.91 Å². The predicted molar refractivity (Wildman–Crippen MR) is 132 cm³/mol. The molecule has 0 radical (unpaired) electrons. The summed E-state index contributed by atoms with van der Waals surface area (Å²) in [4.78, 5) is 27.7. The maximum Gasteiger partial charge on any atom is 0.234 e. The Balaban J connectivity index is 1.46. The van der Waals surface area contributed by atoms with Gasteiger partial charge in [0.05, 0.1) is 16.0 Å². The number of carbonyl (C=O) groups excluding carboxylic acids is 1. The number of fused-ring (bicyclic) bond motifs is 5. The van der Waals surface area contributed by atoms with Crippen molar-refractivity contribution in [2.45, 2.75) is 44.1 Å². The summed E-state index contributed by atoms with van der Waals surface area (Å²) in [7, 11) is 0. The number of hydrogen-bond donors (Lipinski definition) is 1. The number of aryl methyl sites for hydroxylation is 1. The summed E-state index contributed by atoms with van der Waals surface area (Å²) < 4.78 is 2.01. The van der Waals surface area contributed by atoms with Gasteiger partial charge in [-0.2, -0.15) is 0 Å². The van der Waals surface area contributed by atoms with Gasteiger partial charge in [0.15, 0.2) is 0 Å². The van der Waals surface area contributed by atoms with Crippen LogP contribution in [0.1, 0.15) is 43.0 Å². The van der Waals surface area contributed by atoms with Crippen LogP contribution in [0.4, 0.5) is 5.69 Å². The van der Waals surface area contributed by atoms with Crippen molar-refractivity contribution < 1.29 is 4.79 Å². The zero-order chi connectivity index (χ0) is 21.5. The van der Waals surface area contributed by atoms with Crippen LogP contribution < -0.4 is 5.32 Å². The van der Waals surface area contributed by atoms with E-state index in [0.717, 1.165) is 43.1 Å². The average molecular weight is 513 g/mol.